The standard InChI is InChI=1S/C11H12N2O3/c1-6(14)8-3-9(7(2)15)5-10(4-8)11(16)13-12/h3-5H,12H2,1-2H3,(H,13,16). The summed E-state index contributed by atoms with van der Waals surface area (Å²) in [5.41, 5.74) is 2.77. The molecular formula is C11H12N2O3. The lowest BCUT2D eigenvalue weighted by atomic mass is 10.0. The van der Waals surface area contributed by atoms with Crippen molar-refractivity contribution in [1.82, 2.24) is 5.43 Å². The molecular weight excluding hydrogens is 208 g/mol. The molecule has 0 radical (unpaired) electrons. The predicted octanol–water partition coefficient (Wildman–Crippen LogP) is 0.695. The third kappa shape index (κ3) is 2.52. The van der Waals surface area contributed by atoms with Crippen LogP contribution in [0.15, 0.2) is 18.2 Å². The Morgan fingerprint density at radius 1 is 0.938 bits per heavy atom. The van der Waals surface area contributed by atoms with Gasteiger partial charge in [-0.1, -0.05) is 0 Å². The van der Waals surface area contributed by atoms with Crippen molar-refractivity contribution in [2.75, 3.05) is 0 Å². The van der Waals surface area contributed by atoms with Crippen LogP contribution in [0.1, 0.15) is 44.9 Å². The van der Waals surface area contributed by atoms with Gasteiger partial charge in [-0.15, -0.1) is 0 Å². The van der Waals surface area contributed by atoms with Crippen LogP contribution in [-0.2, 0) is 0 Å². The molecule has 84 valence electrons. The van der Waals surface area contributed by atoms with Crippen LogP contribution in [0.4, 0.5) is 0 Å². The Hall–Kier alpha value is -2.01. The Kier molecular flexibility index (Phi) is 3.52. The average Bonchev–Trinajstić information content (AvgIpc) is 2.27. The molecule has 1 aromatic carbocycles. The summed E-state index contributed by atoms with van der Waals surface area (Å²) >= 11 is 0. The van der Waals surface area contributed by atoms with Crippen LogP contribution >= 0.6 is 0 Å². The smallest absolute Gasteiger partial charge is 0.265 e. The van der Waals surface area contributed by atoms with E-state index in [9.17, 15) is 14.4 Å². The van der Waals surface area contributed by atoms with Gasteiger partial charge in [-0.05, 0) is 32.0 Å². The number of amides is 1. The Bertz CT molecular complexity index is 434. The summed E-state index contributed by atoms with van der Waals surface area (Å²) < 4.78 is 0. The van der Waals surface area contributed by atoms with Crippen molar-refractivity contribution in [1.29, 1.82) is 0 Å². The van der Waals surface area contributed by atoms with Crippen molar-refractivity contribution in [2.24, 2.45) is 5.84 Å². The number of carbonyl (C=O) groups is 3. The summed E-state index contributed by atoms with van der Waals surface area (Å²) in [4.78, 5) is 33.7. The SMILES string of the molecule is CC(=O)c1cc(C(C)=O)cc(C(=O)NN)c1. The molecule has 0 saturated carbocycles. The van der Waals surface area contributed by atoms with Gasteiger partial charge >= 0.3 is 0 Å². The maximum atomic E-state index is 11.3. The molecule has 0 saturated heterocycles. The lowest BCUT2D eigenvalue weighted by Crippen LogP contribution is -2.30. The topological polar surface area (TPSA) is 89.3 Å². The van der Waals surface area contributed by atoms with Crippen LogP contribution in [-0.4, -0.2) is 17.5 Å². The zero-order valence-corrected chi connectivity index (χ0v) is 9.03. The van der Waals surface area contributed by atoms with Gasteiger partial charge in [-0.25, -0.2) is 5.84 Å². The summed E-state index contributed by atoms with van der Waals surface area (Å²) in [6.45, 7) is 2.73. The van der Waals surface area contributed by atoms with E-state index in [1.807, 2.05) is 5.43 Å². The van der Waals surface area contributed by atoms with Gasteiger partial charge in [0.2, 0.25) is 0 Å². The summed E-state index contributed by atoms with van der Waals surface area (Å²) in [5, 5.41) is 0. The number of benzene rings is 1. The van der Waals surface area contributed by atoms with Crippen LogP contribution in [0, 0.1) is 0 Å². The van der Waals surface area contributed by atoms with Gasteiger partial charge in [-0.2, -0.15) is 0 Å². The van der Waals surface area contributed by atoms with E-state index in [0.717, 1.165) is 0 Å². The van der Waals surface area contributed by atoms with E-state index < -0.39 is 5.91 Å². The molecule has 0 atom stereocenters. The molecule has 0 spiro atoms. The van der Waals surface area contributed by atoms with E-state index in [-0.39, 0.29) is 17.1 Å². The molecule has 0 heterocycles. The molecule has 0 bridgehead atoms. The molecule has 0 fully saturated rings. The highest BCUT2D eigenvalue weighted by Gasteiger charge is 2.11. The first-order chi connectivity index (χ1) is 7.45. The first-order valence-electron chi connectivity index (χ1n) is 4.63. The van der Waals surface area contributed by atoms with Crippen LogP contribution in [0.3, 0.4) is 0 Å². The highest BCUT2D eigenvalue weighted by molar-refractivity contribution is 6.04. The molecule has 5 heteroatoms. The second-order valence-electron chi connectivity index (χ2n) is 3.38. The largest absolute Gasteiger partial charge is 0.295 e. The first kappa shape index (κ1) is 12.1. The fourth-order valence-electron chi connectivity index (χ4n) is 1.25. The number of nitrogens with one attached hydrogen (secondary N) is 1. The minimum atomic E-state index is -0.536. The van der Waals surface area contributed by atoms with Gasteiger partial charge < -0.3 is 0 Å². The zero-order valence-electron chi connectivity index (χ0n) is 9.03. The van der Waals surface area contributed by atoms with Gasteiger partial charge in [0.1, 0.15) is 0 Å². The van der Waals surface area contributed by atoms with Crippen molar-refractivity contribution >= 4 is 17.5 Å². The van der Waals surface area contributed by atoms with Gasteiger partial charge in [0.25, 0.3) is 5.91 Å². The second-order valence-corrected chi connectivity index (χ2v) is 3.38. The zero-order chi connectivity index (χ0) is 12.3. The van der Waals surface area contributed by atoms with Gasteiger partial charge in [0.15, 0.2) is 11.6 Å². The molecule has 0 unspecified atom stereocenters. The summed E-state index contributed by atoms with van der Waals surface area (Å²) in [6.07, 6.45) is 0. The summed E-state index contributed by atoms with van der Waals surface area (Å²) in [5.74, 6) is 4.02. The highest BCUT2D eigenvalue weighted by Crippen LogP contribution is 2.12. The number of carbonyl (C=O) groups excluding carboxylic acids is 3. The summed E-state index contributed by atoms with van der Waals surface area (Å²) in [6, 6.07) is 4.26. The maximum Gasteiger partial charge on any atom is 0.265 e. The normalized spacial score (nSPS) is 9.69. The van der Waals surface area contributed by atoms with Crippen molar-refractivity contribution in [2.45, 2.75) is 13.8 Å². The predicted molar refractivity (Wildman–Crippen MR) is 58.1 cm³/mol. The van der Waals surface area contributed by atoms with Crippen LogP contribution in [0.2, 0.25) is 0 Å². The monoisotopic (exact) mass is 220 g/mol. The molecule has 0 aliphatic rings. The lowest BCUT2D eigenvalue weighted by Gasteiger charge is -2.05. The van der Waals surface area contributed by atoms with E-state index in [0.29, 0.717) is 11.1 Å². The fraction of sp³-hybridized carbons (Fsp3) is 0.182. The van der Waals surface area contributed by atoms with Crippen LogP contribution in [0.25, 0.3) is 0 Å². The van der Waals surface area contributed by atoms with E-state index in [1.54, 1.807) is 0 Å². The molecule has 1 rings (SSSR count). The fourth-order valence-corrected chi connectivity index (χ4v) is 1.25. The van der Waals surface area contributed by atoms with Crippen molar-refractivity contribution in [3.63, 3.8) is 0 Å². The molecule has 1 amide bonds. The first-order valence-corrected chi connectivity index (χ1v) is 4.63. The van der Waals surface area contributed by atoms with Crippen LogP contribution < -0.4 is 11.3 Å². The van der Waals surface area contributed by atoms with E-state index in [4.69, 9.17) is 5.84 Å². The van der Waals surface area contributed by atoms with E-state index in [2.05, 4.69) is 0 Å². The maximum absolute atomic E-state index is 11.3. The number of nitrogens with two attached hydrogens (primary N) is 1. The average molecular weight is 220 g/mol. The Morgan fingerprint density at radius 2 is 1.31 bits per heavy atom. The molecule has 0 aromatic heterocycles. The molecule has 0 aliphatic carbocycles. The minimum absolute atomic E-state index is 0.195. The quantitative estimate of drug-likeness (QED) is 0.339. The number of hydrazine groups is 1. The van der Waals surface area contributed by atoms with E-state index >= 15 is 0 Å². The van der Waals surface area contributed by atoms with Crippen molar-refractivity contribution in [3.8, 4) is 0 Å². The Labute approximate surface area is 92.6 Å². The van der Waals surface area contributed by atoms with Crippen molar-refractivity contribution < 1.29 is 14.4 Å². The number of Topliss-reactive ketones (excluding diaryl/α,β-unsaturated/α-hetero) is 2. The number of hydrogen-bond donors (Lipinski definition) is 2. The van der Waals surface area contributed by atoms with E-state index in [1.165, 1.54) is 32.0 Å². The molecule has 5 nitrogen and oxygen atoms in total. The minimum Gasteiger partial charge on any atom is -0.295 e. The van der Waals surface area contributed by atoms with Crippen molar-refractivity contribution in [3.05, 3.63) is 34.9 Å². The molecule has 1 aromatic rings. The van der Waals surface area contributed by atoms with Gasteiger partial charge in [-0.3, -0.25) is 19.8 Å². The third-order valence-electron chi connectivity index (χ3n) is 2.14. The molecule has 3 N–H and O–H groups in total. The number of nitrogen functional groups attached to an aromatic ring is 1. The lowest BCUT2D eigenvalue weighted by molar-refractivity contribution is 0.0953. The Balaban J connectivity index is 3.35. The van der Waals surface area contributed by atoms with Gasteiger partial charge in [0, 0.05) is 16.7 Å². The Morgan fingerprint density at radius 3 is 1.62 bits per heavy atom. The van der Waals surface area contributed by atoms with Crippen LogP contribution in [0.5, 0.6) is 0 Å². The number of ketones is 2. The third-order valence-corrected chi connectivity index (χ3v) is 2.14. The molecule has 0 aliphatic heterocycles. The number of hydrogen-bond acceptors (Lipinski definition) is 4. The molecule has 16 heavy (non-hydrogen) atoms. The second kappa shape index (κ2) is 4.67. The number of rotatable bonds is 3. The van der Waals surface area contributed by atoms with Gasteiger partial charge in [0.05, 0.1) is 0 Å². The highest BCUT2D eigenvalue weighted by atomic mass is 16.2. The summed E-state index contributed by atoms with van der Waals surface area (Å²) in [7, 11) is 0.